The van der Waals surface area contributed by atoms with E-state index in [0.717, 1.165) is 17.6 Å². The van der Waals surface area contributed by atoms with Crippen LogP contribution >= 0.6 is 11.6 Å². The number of sulfonamides is 1. The fourth-order valence-electron chi connectivity index (χ4n) is 2.16. The van der Waals surface area contributed by atoms with Crippen molar-refractivity contribution in [2.75, 3.05) is 24.6 Å². The molecule has 134 valence electrons. The quantitative estimate of drug-likeness (QED) is 0.771. The number of anilines is 1. The summed E-state index contributed by atoms with van der Waals surface area (Å²) in [5.74, 6) is 0.474. The van der Waals surface area contributed by atoms with Gasteiger partial charge in [0.2, 0.25) is 10.0 Å². The highest BCUT2D eigenvalue weighted by atomic mass is 35.5. The number of nitrogens with one attached hydrogen (secondary N) is 2. The second-order valence-corrected chi connectivity index (χ2v) is 7.58. The molecule has 0 aliphatic rings. The zero-order valence-corrected chi connectivity index (χ0v) is 15.4. The molecule has 2 aromatic rings. The van der Waals surface area contributed by atoms with Crippen LogP contribution < -0.4 is 14.8 Å². The van der Waals surface area contributed by atoms with Crippen LogP contribution in [0.4, 0.5) is 5.69 Å². The maximum atomic E-state index is 12.2. The van der Waals surface area contributed by atoms with E-state index in [1.807, 2.05) is 24.3 Å². The molecule has 6 nitrogen and oxygen atoms in total. The lowest BCUT2D eigenvalue weighted by molar-refractivity contribution is 0.0954. The van der Waals surface area contributed by atoms with E-state index in [1.165, 1.54) is 12.1 Å². The molecule has 0 aromatic heterocycles. The Kier molecular flexibility index (Phi) is 6.27. The van der Waals surface area contributed by atoms with Gasteiger partial charge in [0.25, 0.3) is 5.91 Å². The van der Waals surface area contributed by atoms with Gasteiger partial charge in [-0.05, 0) is 42.3 Å². The van der Waals surface area contributed by atoms with Gasteiger partial charge in [-0.15, -0.1) is 0 Å². The highest BCUT2D eigenvalue weighted by Crippen LogP contribution is 2.23. The van der Waals surface area contributed by atoms with Crippen molar-refractivity contribution >= 4 is 33.2 Å². The Hall–Kier alpha value is -2.25. The summed E-state index contributed by atoms with van der Waals surface area (Å²) in [6.45, 7) is 0.447. The van der Waals surface area contributed by atoms with Crippen molar-refractivity contribution in [3.63, 3.8) is 0 Å². The first-order valence-electron chi connectivity index (χ1n) is 7.47. The van der Waals surface area contributed by atoms with Gasteiger partial charge in [0.1, 0.15) is 5.75 Å². The van der Waals surface area contributed by atoms with Crippen LogP contribution in [0.15, 0.2) is 42.5 Å². The van der Waals surface area contributed by atoms with E-state index in [-0.39, 0.29) is 16.6 Å². The third kappa shape index (κ3) is 5.95. The Balaban J connectivity index is 1.97. The number of amides is 1. The molecule has 0 fully saturated rings. The van der Waals surface area contributed by atoms with Gasteiger partial charge >= 0.3 is 0 Å². The zero-order valence-electron chi connectivity index (χ0n) is 13.9. The largest absolute Gasteiger partial charge is 0.497 e. The molecule has 1 amide bonds. The highest BCUT2D eigenvalue weighted by Gasteiger charge is 2.11. The summed E-state index contributed by atoms with van der Waals surface area (Å²) in [4.78, 5) is 12.2. The number of benzene rings is 2. The van der Waals surface area contributed by atoms with Crippen molar-refractivity contribution in [3.8, 4) is 5.75 Å². The number of hydrogen-bond donors (Lipinski definition) is 2. The maximum Gasteiger partial charge on any atom is 0.251 e. The van der Waals surface area contributed by atoms with Crippen LogP contribution in [0.5, 0.6) is 5.75 Å². The Labute approximate surface area is 152 Å². The van der Waals surface area contributed by atoms with Crippen molar-refractivity contribution in [1.29, 1.82) is 0 Å². The number of carbonyl (C=O) groups excluding carboxylic acids is 1. The Morgan fingerprint density at radius 3 is 2.44 bits per heavy atom. The van der Waals surface area contributed by atoms with Crippen LogP contribution in [0.3, 0.4) is 0 Å². The van der Waals surface area contributed by atoms with E-state index in [0.29, 0.717) is 18.5 Å². The lowest BCUT2D eigenvalue weighted by Crippen LogP contribution is -2.25. The van der Waals surface area contributed by atoms with Gasteiger partial charge in [-0.3, -0.25) is 9.52 Å². The van der Waals surface area contributed by atoms with Crippen LogP contribution in [-0.2, 0) is 16.4 Å². The van der Waals surface area contributed by atoms with E-state index < -0.39 is 10.0 Å². The molecular weight excluding hydrogens is 364 g/mol. The lowest BCUT2D eigenvalue weighted by atomic mass is 10.1. The minimum absolute atomic E-state index is 0.173. The van der Waals surface area contributed by atoms with Crippen molar-refractivity contribution in [3.05, 3.63) is 58.6 Å². The normalized spacial score (nSPS) is 11.0. The standard InChI is InChI=1S/C17H19ClN2O4S/c1-24-14-6-3-12(4-7-14)9-10-19-17(21)13-5-8-15(18)16(11-13)20-25(2,22)23/h3-8,11,20H,9-10H2,1-2H3,(H,19,21). The third-order valence-electron chi connectivity index (χ3n) is 3.38. The summed E-state index contributed by atoms with van der Waals surface area (Å²) in [7, 11) is -1.87. The molecule has 25 heavy (non-hydrogen) atoms. The molecule has 0 unspecified atom stereocenters. The SMILES string of the molecule is COc1ccc(CCNC(=O)c2ccc(Cl)c(NS(C)(=O)=O)c2)cc1. The van der Waals surface area contributed by atoms with Crippen molar-refractivity contribution in [2.24, 2.45) is 0 Å². The smallest absolute Gasteiger partial charge is 0.251 e. The van der Waals surface area contributed by atoms with Gasteiger partial charge in [0, 0.05) is 12.1 Å². The Morgan fingerprint density at radius 2 is 1.84 bits per heavy atom. The van der Waals surface area contributed by atoms with E-state index in [1.54, 1.807) is 13.2 Å². The number of hydrogen-bond acceptors (Lipinski definition) is 4. The van der Waals surface area contributed by atoms with Crippen LogP contribution in [0.25, 0.3) is 0 Å². The summed E-state index contributed by atoms with van der Waals surface area (Å²) in [6, 6.07) is 12.0. The Morgan fingerprint density at radius 1 is 1.16 bits per heavy atom. The fraction of sp³-hybridized carbons (Fsp3) is 0.235. The lowest BCUT2D eigenvalue weighted by Gasteiger charge is -2.10. The van der Waals surface area contributed by atoms with Gasteiger partial charge in [0.05, 0.1) is 24.1 Å². The van der Waals surface area contributed by atoms with Crippen LogP contribution in [0, 0.1) is 0 Å². The summed E-state index contributed by atoms with van der Waals surface area (Å²) in [5, 5.41) is 3.02. The van der Waals surface area contributed by atoms with Crippen molar-refractivity contribution in [2.45, 2.75) is 6.42 Å². The van der Waals surface area contributed by atoms with E-state index in [9.17, 15) is 13.2 Å². The van der Waals surface area contributed by atoms with Crippen LogP contribution in [-0.4, -0.2) is 34.2 Å². The topological polar surface area (TPSA) is 84.5 Å². The molecule has 0 bridgehead atoms. The summed E-state index contributed by atoms with van der Waals surface area (Å²) in [5.41, 5.74) is 1.56. The predicted molar refractivity (Wildman–Crippen MR) is 98.9 cm³/mol. The number of halogens is 1. The van der Waals surface area contributed by atoms with Gasteiger partial charge in [-0.1, -0.05) is 23.7 Å². The average Bonchev–Trinajstić information content (AvgIpc) is 2.56. The molecule has 2 N–H and O–H groups in total. The number of methoxy groups -OCH3 is 1. The average molecular weight is 383 g/mol. The Bertz CT molecular complexity index is 851. The van der Waals surface area contributed by atoms with Crippen LogP contribution in [0.1, 0.15) is 15.9 Å². The maximum absolute atomic E-state index is 12.2. The van der Waals surface area contributed by atoms with E-state index in [4.69, 9.17) is 16.3 Å². The molecule has 0 aliphatic heterocycles. The summed E-state index contributed by atoms with van der Waals surface area (Å²) in [6.07, 6.45) is 1.68. The highest BCUT2D eigenvalue weighted by molar-refractivity contribution is 7.92. The van der Waals surface area contributed by atoms with Crippen molar-refractivity contribution < 1.29 is 17.9 Å². The molecule has 2 rings (SSSR count). The molecule has 0 saturated heterocycles. The van der Waals surface area contributed by atoms with Gasteiger partial charge in [-0.2, -0.15) is 0 Å². The van der Waals surface area contributed by atoms with Gasteiger partial charge in [-0.25, -0.2) is 8.42 Å². The molecule has 0 saturated carbocycles. The number of carbonyl (C=O) groups is 1. The molecule has 0 spiro atoms. The van der Waals surface area contributed by atoms with E-state index >= 15 is 0 Å². The minimum atomic E-state index is -3.48. The predicted octanol–water partition coefficient (Wildman–Crippen LogP) is 2.69. The molecule has 8 heteroatoms. The minimum Gasteiger partial charge on any atom is -0.497 e. The first-order valence-corrected chi connectivity index (χ1v) is 9.74. The first-order chi connectivity index (χ1) is 11.8. The molecule has 0 heterocycles. The first kappa shape index (κ1) is 19.1. The monoisotopic (exact) mass is 382 g/mol. The molecule has 0 aliphatic carbocycles. The molecule has 0 atom stereocenters. The second-order valence-electron chi connectivity index (χ2n) is 5.42. The summed E-state index contributed by atoms with van der Waals surface area (Å²) < 4.78 is 30.0. The third-order valence-corrected chi connectivity index (χ3v) is 4.30. The van der Waals surface area contributed by atoms with Crippen LogP contribution in [0.2, 0.25) is 5.02 Å². The number of ether oxygens (including phenoxy) is 1. The zero-order chi connectivity index (χ0) is 18.4. The molecule has 2 aromatic carbocycles. The van der Waals surface area contributed by atoms with Gasteiger partial charge < -0.3 is 10.1 Å². The summed E-state index contributed by atoms with van der Waals surface area (Å²) >= 11 is 5.95. The fourth-order valence-corrected chi connectivity index (χ4v) is 2.95. The van der Waals surface area contributed by atoms with Crippen molar-refractivity contribution in [1.82, 2.24) is 5.32 Å². The van der Waals surface area contributed by atoms with E-state index in [2.05, 4.69) is 10.0 Å². The van der Waals surface area contributed by atoms with Gasteiger partial charge in [0.15, 0.2) is 0 Å². The molecular formula is C17H19ClN2O4S. The number of rotatable bonds is 7. The second kappa shape index (κ2) is 8.22. The molecule has 0 radical (unpaired) electrons.